The van der Waals surface area contributed by atoms with Gasteiger partial charge in [0, 0.05) is 16.5 Å². The second-order valence-electron chi connectivity index (χ2n) is 6.78. The number of carbonyl (C=O) groups is 2. The average molecular weight is 425 g/mol. The van der Waals surface area contributed by atoms with Crippen LogP contribution in [0.2, 0.25) is 0 Å². The predicted molar refractivity (Wildman–Crippen MR) is 118 cm³/mol. The number of hydrogen-bond acceptors (Lipinski definition) is 5. The largest absolute Gasteiger partial charge is 0.490 e. The molecule has 0 saturated heterocycles. The van der Waals surface area contributed by atoms with Crippen molar-refractivity contribution in [3.63, 3.8) is 0 Å². The summed E-state index contributed by atoms with van der Waals surface area (Å²) in [6, 6.07) is 10.7. The SMILES string of the molecule is CCOc1cc(C(=O)NNC(=O)c2cc3ccc(C)cc3[nH]2)cc(OCC)c1OCC. The highest BCUT2D eigenvalue weighted by atomic mass is 16.5. The first kappa shape index (κ1) is 22.0. The molecule has 0 aliphatic rings. The molecule has 3 aromatic rings. The molecule has 0 fully saturated rings. The Morgan fingerprint density at radius 1 is 0.839 bits per heavy atom. The van der Waals surface area contributed by atoms with Crippen molar-refractivity contribution in [3.8, 4) is 17.2 Å². The second-order valence-corrected chi connectivity index (χ2v) is 6.78. The summed E-state index contributed by atoms with van der Waals surface area (Å²) in [6.07, 6.45) is 0. The van der Waals surface area contributed by atoms with Crippen molar-refractivity contribution in [2.45, 2.75) is 27.7 Å². The Morgan fingerprint density at radius 2 is 1.45 bits per heavy atom. The van der Waals surface area contributed by atoms with Gasteiger partial charge in [-0.2, -0.15) is 0 Å². The second kappa shape index (κ2) is 9.88. The van der Waals surface area contributed by atoms with Crippen LogP contribution in [0.5, 0.6) is 17.2 Å². The zero-order chi connectivity index (χ0) is 22.4. The van der Waals surface area contributed by atoms with E-state index in [-0.39, 0.29) is 5.56 Å². The number of amides is 2. The van der Waals surface area contributed by atoms with Gasteiger partial charge in [-0.1, -0.05) is 12.1 Å². The first-order valence-corrected chi connectivity index (χ1v) is 10.2. The molecule has 3 rings (SSSR count). The van der Waals surface area contributed by atoms with Crippen LogP contribution in [0, 0.1) is 6.92 Å². The first-order valence-electron chi connectivity index (χ1n) is 10.2. The van der Waals surface area contributed by atoms with Crippen molar-refractivity contribution >= 4 is 22.7 Å². The van der Waals surface area contributed by atoms with E-state index in [2.05, 4.69) is 15.8 Å². The van der Waals surface area contributed by atoms with Crippen molar-refractivity contribution in [2.24, 2.45) is 0 Å². The van der Waals surface area contributed by atoms with Crippen LogP contribution in [0.15, 0.2) is 36.4 Å². The Labute approximate surface area is 180 Å². The Bertz CT molecular complexity index is 1060. The lowest BCUT2D eigenvalue weighted by atomic mass is 10.1. The Morgan fingerprint density at radius 3 is 2.06 bits per heavy atom. The highest BCUT2D eigenvalue weighted by Crippen LogP contribution is 2.39. The molecule has 0 unspecified atom stereocenters. The van der Waals surface area contributed by atoms with Crippen molar-refractivity contribution in [1.29, 1.82) is 0 Å². The molecule has 1 heterocycles. The smallest absolute Gasteiger partial charge is 0.286 e. The lowest BCUT2D eigenvalue weighted by Crippen LogP contribution is -2.41. The van der Waals surface area contributed by atoms with Crippen molar-refractivity contribution in [2.75, 3.05) is 19.8 Å². The molecule has 2 amide bonds. The molecule has 0 saturated carbocycles. The van der Waals surface area contributed by atoms with Gasteiger partial charge in [0.1, 0.15) is 5.69 Å². The van der Waals surface area contributed by atoms with E-state index >= 15 is 0 Å². The molecular weight excluding hydrogens is 398 g/mol. The van der Waals surface area contributed by atoms with Gasteiger partial charge in [0.2, 0.25) is 5.75 Å². The van der Waals surface area contributed by atoms with Gasteiger partial charge >= 0.3 is 0 Å². The molecule has 0 aliphatic heterocycles. The molecule has 3 N–H and O–H groups in total. The van der Waals surface area contributed by atoms with Crippen LogP contribution in [-0.2, 0) is 0 Å². The molecule has 8 heteroatoms. The number of fused-ring (bicyclic) bond motifs is 1. The van der Waals surface area contributed by atoms with Gasteiger partial charge in [-0.3, -0.25) is 20.4 Å². The van der Waals surface area contributed by atoms with E-state index in [1.54, 1.807) is 18.2 Å². The molecule has 8 nitrogen and oxygen atoms in total. The van der Waals surface area contributed by atoms with Gasteiger partial charge in [0.15, 0.2) is 11.5 Å². The third kappa shape index (κ3) is 5.09. The van der Waals surface area contributed by atoms with Crippen LogP contribution < -0.4 is 25.1 Å². The number of ether oxygens (including phenoxy) is 3. The molecule has 164 valence electrons. The zero-order valence-electron chi connectivity index (χ0n) is 18.1. The molecule has 0 atom stereocenters. The number of nitrogens with one attached hydrogen (secondary N) is 3. The summed E-state index contributed by atoms with van der Waals surface area (Å²) in [5.41, 5.74) is 7.41. The number of benzene rings is 2. The summed E-state index contributed by atoms with van der Waals surface area (Å²) in [5, 5.41) is 0.913. The number of carbonyl (C=O) groups excluding carboxylic acids is 2. The molecule has 0 radical (unpaired) electrons. The van der Waals surface area contributed by atoms with Crippen LogP contribution in [-0.4, -0.2) is 36.6 Å². The van der Waals surface area contributed by atoms with Crippen molar-refractivity contribution in [1.82, 2.24) is 15.8 Å². The number of aromatic nitrogens is 1. The molecular formula is C23H27N3O5. The highest BCUT2D eigenvalue weighted by molar-refractivity contribution is 6.01. The van der Waals surface area contributed by atoms with Gasteiger partial charge in [-0.25, -0.2) is 0 Å². The maximum atomic E-state index is 12.7. The summed E-state index contributed by atoms with van der Waals surface area (Å²) in [7, 11) is 0. The lowest BCUT2D eigenvalue weighted by Gasteiger charge is -2.17. The van der Waals surface area contributed by atoms with Gasteiger partial charge in [-0.05, 0) is 57.5 Å². The van der Waals surface area contributed by atoms with E-state index in [1.807, 2.05) is 45.9 Å². The fourth-order valence-electron chi connectivity index (χ4n) is 3.14. The Hall–Kier alpha value is -3.68. The Kier molecular flexibility index (Phi) is 7.02. The quantitative estimate of drug-likeness (QED) is 0.477. The molecule has 1 aromatic heterocycles. The van der Waals surface area contributed by atoms with Crippen LogP contribution in [0.25, 0.3) is 10.9 Å². The van der Waals surface area contributed by atoms with Gasteiger partial charge in [0.25, 0.3) is 11.8 Å². The first-order chi connectivity index (χ1) is 15.0. The minimum atomic E-state index is -0.509. The van der Waals surface area contributed by atoms with E-state index in [4.69, 9.17) is 14.2 Å². The van der Waals surface area contributed by atoms with Crippen LogP contribution in [0.3, 0.4) is 0 Å². The number of hydrazine groups is 1. The summed E-state index contributed by atoms with van der Waals surface area (Å²) in [4.78, 5) is 28.2. The van der Waals surface area contributed by atoms with Gasteiger partial charge < -0.3 is 19.2 Å². The maximum absolute atomic E-state index is 12.7. The summed E-state index contributed by atoms with van der Waals surface area (Å²) in [5.74, 6) is 0.282. The van der Waals surface area contributed by atoms with E-state index < -0.39 is 11.8 Å². The number of rotatable bonds is 8. The number of aryl methyl sites for hydroxylation is 1. The zero-order valence-corrected chi connectivity index (χ0v) is 18.1. The minimum Gasteiger partial charge on any atom is -0.490 e. The molecule has 0 spiro atoms. The summed E-state index contributed by atoms with van der Waals surface area (Å²) in [6.45, 7) is 8.72. The third-order valence-corrected chi connectivity index (χ3v) is 4.48. The number of hydrogen-bond donors (Lipinski definition) is 3. The van der Waals surface area contributed by atoms with Crippen molar-refractivity contribution in [3.05, 3.63) is 53.2 Å². The van der Waals surface area contributed by atoms with Crippen LogP contribution in [0.4, 0.5) is 0 Å². The number of H-pyrrole nitrogens is 1. The van der Waals surface area contributed by atoms with E-state index in [0.717, 1.165) is 16.5 Å². The summed E-state index contributed by atoms with van der Waals surface area (Å²) < 4.78 is 16.9. The predicted octanol–water partition coefficient (Wildman–Crippen LogP) is 3.75. The highest BCUT2D eigenvalue weighted by Gasteiger charge is 2.19. The Balaban J connectivity index is 1.77. The summed E-state index contributed by atoms with van der Waals surface area (Å²) >= 11 is 0. The minimum absolute atomic E-state index is 0.267. The topological polar surface area (TPSA) is 102 Å². The van der Waals surface area contributed by atoms with Crippen LogP contribution >= 0.6 is 0 Å². The molecule has 31 heavy (non-hydrogen) atoms. The molecule has 0 aliphatic carbocycles. The normalized spacial score (nSPS) is 10.6. The third-order valence-electron chi connectivity index (χ3n) is 4.48. The number of aromatic amines is 1. The van der Waals surface area contributed by atoms with Gasteiger partial charge in [-0.15, -0.1) is 0 Å². The fourth-order valence-corrected chi connectivity index (χ4v) is 3.14. The standard InChI is InChI=1S/C23H27N3O5/c1-5-29-19-12-16(13-20(30-6-2)21(19)31-7-3)22(27)25-26-23(28)18-11-15-9-8-14(4)10-17(15)24-18/h8-13,24H,5-7H2,1-4H3,(H,25,27)(H,26,28). The van der Waals surface area contributed by atoms with E-state index in [0.29, 0.717) is 42.8 Å². The lowest BCUT2D eigenvalue weighted by molar-refractivity contribution is 0.0844. The molecule has 0 bridgehead atoms. The van der Waals surface area contributed by atoms with Crippen LogP contribution in [0.1, 0.15) is 47.2 Å². The van der Waals surface area contributed by atoms with Gasteiger partial charge in [0.05, 0.1) is 19.8 Å². The monoisotopic (exact) mass is 425 g/mol. The van der Waals surface area contributed by atoms with E-state index in [1.165, 1.54) is 0 Å². The van der Waals surface area contributed by atoms with Crippen molar-refractivity contribution < 1.29 is 23.8 Å². The average Bonchev–Trinajstić information content (AvgIpc) is 3.17. The fraction of sp³-hybridized carbons (Fsp3) is 0.304. The van der Waals surface area contributed by atoms with E-state index in [9.17, 15) is 9.59 Å². The maximum Gasteiger partial charge on any atom is 0.286 e. The molecule has 2 aromatic carbocycles.